The zero-order valence-corrected chi connectivity index (χ0v) is 41.5. The van der Waals surface area contributed by atoms with Gasteiger partial charge in [-0.05, 0) is 116 Å². The van der Waals surface area contributed by atoms with Crippen LogP contribution in [0.5, 0.6) is 0 Å². The van der Waals surface area contributed by atoms with Crippen LogP contribution in [0.3, 0.4) is 0 Å². The van der Waals surface area contributed by atoms with Crippen LogP contribution in [0.25, 0.3) is 66.3 Å². The largest absolute Gasteiger partial charge is 0.288 e. The molecule has 0 saturated carbocycles. The van der Waals surface area contributed by atoms with E-state index in [1.807, 2.05) is 54.6 Å². The number of ketones is 2. The van der Waals surface area contributed by atoms with Crippen molar-refractivity contribution < 1.29 is 9.59 Å². The van der Waals surface area contributed by atoms with Crippen LogP contribution in [0.4, 0.5) is 23.0 Å². The number of rotatable bonds is 9. The molecular formula is C67H52N4O2. The van der Waals surface area contributed by atoms with Crippen molar-refractivity contribution in [2.45, 2.75) is 46.5 Å². The third-order valence-corrected chi connectivity index (χ3v) is 14.5. The Bertz CT molecular complexity index is 3830. The Balaban J connectivity index is 1.18. The first kappa shape index (κ1) is 45.2. The van der Waals surface area contributed by atoms with E-state index in [9.17, 15) is 9.59 Å². The van der Waals surface area contributed by atoms with E-state index in [-0.39, 0.29) is 29.0 Å². The monoisotopic (exact) mass is 944 g/mol. The maximum Gasteiger partial charge on any atom is 0.197 e. The average Bonchev–Trinajstić information content (AvgIpc) is 3.86. The Hall–Kier alpha value is -9.00. The van der Waals surface area contributed by atoms with E-state index in [0.29, 0.717) is 28.6 Å². The Kier molecular flexibility index (Phi) is 11.3. The first-order valence-corrected chi connectivity index (χ1v) is 25.1. The quantitative estimate of drug-likeness (QED) is 0.106. The standard InChI is InChI=1S/C67H52N4O2/c1-41(2)51-23-16-24-52(42(3)4)62(51)70-61(38-37-56-64(72)54-21-12-13-22-55(54)65(56)73)71(67-66(70)68-59-25-14-15-26-60(59)69-67)63-57(49-33-31-47(32-34-49)45-19-10-7-11-20-45)39-43(5)53-36-35-50(40-58(53)63)48-29-27-46(28-30-48)44-17-8-6-9-18-44/h6-42H,1-5H3/b61-38+. The van der Waals surface area contributed by atoms with Gasteiger partial charge in [-0.2, -0.15) is 0 Å². The molecule has 2 aliphatic rings. The zero-order chi connectivity index (χ0) is 49.9. The number of para-hydroxylation sites is 3. The number of hydrogen-bond acceptors (Lipinski definition) is 6. The van der Waals surface area contributed by atoms with Crippen molar-refractivity contribution in [2.75, 3.05) is 9.80 Å². The smallest absolute Gasteiger partial charge is 0.197 e. The molecule has 2 heterocycles. The van der Waals surface area contributed by atoms with Gasteiger partial charge in [0.05, 0.1) is 28.0 Å². The minimum atomic E-state index is -0.290. The van der Waals surface area contributed by atoms with Gasteiger partial charge < -0.3 is 0 Å². The lowest BCUT2D eigenvalue weighted by atomic mass is 9.90. The van der Waals surface area contributed by atoms with Gasteiger partial charge in [-0.25, -0.2) is 9.97 Å². The Labute approximate surface area is 426 Å². The fourth-order valence-corrected chi connectivity index (χ4v) is 10.7. The number of benzene rings is 9. The number of hydrogen-bond donors (Lipinski definition) is 0. The summed E-state index contributed by atoms with van der Waals surface area (Å²) >= 11 is 0. The van der Waals surface area contributed by atoms with Crippen LogP contribution in [0.15, 0.2) is 224 Å². The van der Waals surface area contributed by atoms with Gasteiger partial charge in [0, 0.05) is 22.1 Å². The van der Waals surface area contributed by atoms with Crippen molar-refractivity contribution in [2.24, 2.45) is 0 Å². The molecule has 1 aliphatic carbocycles. The third kappa shape index (κ3) is 7.83. The van der Waals surface area contributed by atoms with Crippen molar-refractivity contribution in [3.63, 3.8) is 0 Å². The van der Waals surface area contributed by atoms with Crippen LogP contribution in [-0.4, -0.2) is 21.5 Å². The molecule has 0 unspecified atom stereocenters. The second-order valence-electron chi connectivity index (χ2n) is 19.7. The van der Waals surface area contributed by atoms with Gasteiger partial charge in [0.25, 0.3) is 0 Å². The highest BCUT2D eigenvalue weighted by Crippen LogP contribution is 2.55. The lowest BCUT2D eigenvalue weighted by Crippen LogP contribution is -2.25. The summed E-state index contributed by atoms with van der Waals surface area (Å²) in [4.78, 5) is 44.2. The number of nitrogens with zero attached hydrogens (tertiary/aromatic N) is 4. The van der Waals surface area contributed by atoms with Gasteiger partial charge >= 0.3 is 0 Å². The summed E-state index contributed by atoms with van der Waals surface area (Å²) in [5, 5.41) is 2.09. The molecule has 352 valence electrons. The van der Waals surface area contributed by atoms with Gasteiger partial charge in [-0.1, -0.05) is 204 Å². The summed E-state index contributed by atoms with van der Waals surface area (Å²) in [7, 11) is 0. The summed E-state index contributed by atoms with van der Waals surface area (Å²) in [6.45, 7) is 11.1. The lowest BCUT2D eigenvalue weighted by molar-refractivity contribution is 0.0988. The fourth-order valence-electron chi connectivity index (χ4n) is 10.7. The summed E-state index contributed by atoms with van der Waals surface area (Å²) in [5.41, 5.74) is 16.5. The summed E-state index contributed by atoms with van der Waals surface area (Å²) in [6, 6.07) is 69.2. The highest BCUT2D eigenvalue weighted by atomic mass is 16.2. The molecule has 0 saturated heterocycles. The van der Waals surface area contributed by atoms with Crippen molar-refractivity contribution in [1.82, 2.24) is 9.97 Å². The Morgan fingerprint density at radius 2 is 0.836 bits per heavy atom. The van der Waals surface area contributed by atoms with E-state index in [2.05, 4.69) is 184 Å². The number of carbonyl (C=O) groups excluding carboxylic acids is 2. The molecule has 73 heavy (non-hydrogen) atoms. The van der Waals surface area contributed by atoms with Crippen molar-refractivity contribution >= 4 is 56.4 Å². The van der Waals surface area contributed by atoms with E-state index in [1.165, 1.54) is 0 Å². The SMILES string of the molecule is Cc1cc(-c2ccc(-c3ccccc3)cc2)c(N2/C(=C/C=C3C(=O)c4ccccc4C3=O)N(c3c(C(C)C)cccc3C(C)C)c3nc4ccccc4nc32)c2cc(-c3ccc(-c4ccccc4)cc3)ccc12. The Morgan fingerprint density at radius 1 is 0.397 bits per heavy atom. The van der Waals surface area contributed by atoms with E-state index in [4.69, 9.17) is 9.97 Å². The average molecular weight is 945 g/mol. The number of Topliss-reactive ketones (excluding diaryl/α,β-unsaturated/α-hetero) is 2. The number of allylic oxidation sites excluding steroid dienone is 3. The zero-order valence-electron chi connectivity index (χ0n) is 41.5. The topological polar surface area (TPSA) is 66.4 Å². The molecule has 1 aliphatic heterocycles. The maximum absolute atomic E-state index is 14.3. The van der Waals surface area contributed by atoms with Crippen LogP contribution in [-0.2, 0) is 0 Å². The van der Waals surface area contributed by atoms with E-state index < -0.39 is 0 Å². The summed E-state index contributed by atoms with van der Waals surface area (Å²) in [5.74, 6) is 1.64. The van der Waals surface area contributed by atoms with E-state index in [1.54, 1.807) is 18.2 Å². The van der Waals surface area contributed by atoms with Crippen LogP contribution in [0, 0.1) is 6.92 Å². The fraction of sp³-hybridized carbons (Fsp3) is 0.104. The van der Waals surface area contributed by atoms with Gasteiger partial charge in [-0.15, -0.1) is 0 Å². The molecule has 1 aromatic heterocycles. The van der Waals surface area contributed by atoms with Crippen LogP contribution < -0.4 is 9.80 Å². The second kappa shape index (κ2) is 18.3. The molecule has 12 rings (SSSR count). The van der Waals surface area contributed by atoms with Crippen LogP contribution in [0.1, 0.15) is 76.9 Å². The van der Waals surface area contributed by atoms with Gasteiger partial charge in [0.1, 0.15) is 5.82 Å². The van der Waals surface area contributed by atoms with Gasteiger partial charge in [-0.3, -0.25) is 19.4 Å². The molecule has 0 amide bonds. The number of carbonyl (C=O) groups is 2. The van der Waals surface area contributed by atoms with Crippen LogP contribution >= 0.6 is 0 Å². The lowest BCUT2D eigenvalue weighted by Gasteiger charge is -2.31. The number of anilines is 4. The molecule has 0 radical (unpaired) electrons. The van der Waals surface area contributed by atoms with Crippen molar-refractivity contribution in [3.05, 3.63) is 252 Å². The molecule has 9 aromatic carbocycles. The number of fused-ring (bicyclic) bond motifs is 4. The number of aryl methyl sites for hydroxylation is 1. The van der Waals surface area contributed by atoms with Gasteiger partial charge in [0.2, 0.25) is 0 Å². The molecule has 0 N–H and O–H groups in total. The van der Waals surface area contributed by atoms with E-state index >= 15 is 0 Å². The van der Waals surface area contributed by atoms with Crippen molar-refractivity contribution in [3.8, 4) is 44.5 Å². The van der Waals surface area contributed by atoms with E-state index in [0.717, 1.165) is 94.4 Å². The predicted octanol–water partition coefficient (Wildman–Crippen LogP) is 17.1. The molecule has 0 spiro atoms. The minimum Gasteiger partial charge on any atom is -0.288 e. The van der Waals surface area contributed by atoms with Crippen LogP contribution in [0.2, 0.25) is 0 Å². The third-order valence-electron chi connectivity index (χ3n) is 14.5. The maximum atomic E-state index is 14.3. The number of aromatic nitrogens is 2. The molecule has 6 heteroatoms. The van der Waals surface area contributed by atoms with Crippen molar-refractivity contribution in [1.29, 1.82) is 0 Å². The molecular weight excluding hydrogens is 893 g/mol. The summed E-state index contributed by atoms with van der Waals surface area (Å²) in [6.07, 6.45) is 3.68. The Morgan fingerprint density at radius 3 is 1.36 bits per heavy atom. The second-order valence-corrected chi connectivity index (χ2v) is 19.7. The summed E-state index contributed by atoms with van der Waals surface area (Å²) < 4.78 is 0. The first-order chi connectivity index (χ1) is 35.6. The molecule has 0 fully saturated rings. The molecule has 0 bridgehead atoms. The predicted molar refractivity (Wildman–Crippen MR) is 300 cm³/mol. The highest BCUT2D eigenvalue weighted by Gasteiger charge is 2.41. The minimum absolute atomic E-state index is 0.114. The highest BCUT2D eigenvalue weighted by molar-refractivity contribution is 6.39. The first-order valence-electron chi connectivity index (χ1n) is 25.1. The van der Waals surface area contributed by atoms with Gasteiger partial charge in [0.15, 0.2) is 23.2 Å². The molecule has 6 nitrogen and oxygen atoms in total. The molecule has 10 aromatic rings. The normalized spacial score (nSPS) is 13.8. The molecule has 0 atom stereocenters.